The van der Waals surface area contributed by atoms with Crippen LogP contribution in [0.1, 0.15) is 17.0 Å². The van der Waals surface area contributed by atoms with Gasteiger partial charge in [0.05, 0.1) is 18.5 Å². The lowest BCUT2D eigenvalue weighted by atomic mass is 9.98. The van der Waals surface area contributed by atoms with Crippen LogP contribution >= 0.6 is 0 Å². The number of rotatable bonds is 8. The second kappa shape index (κ2) is 9.53. The number of carbonyl (C=O) groups excluding carboxylic acids is 2. The molecule has 0 saturated carbocycles. The fraction of sp³-hybridized carbons (Fsp3) is 0.217. The van der Waals surface area contributed by atoms with E-state index in [4.69, 9.17) is 14.9 Å². The van der Waals surface area contributed by atoms with E-state index in [1.165, 1.54) is 17.1 Å². The number of carboxylic acid groups (broad SMARTS) is 1. The van der Waals surface area contributed by atoms with Crippen molar-refractivity contribution in [2.45, 2.75) is 18.5 Å². The van der Waals surface area contributed by atoms with Gasteiger partial charge in [-0.25, -0.2) is 9.59 Å². The summed E-state index contributed by atoms with van der Waals surface area (Å²) in [5.41, 5.74) is 4.79. The van der Waals surface area contributed by atoms with Crippen molar-refractivity contribution in [1.82, 2.24) is 15.1 Å². The van der Waals surface area contributed by atoms with Gasteiger partial charge >= 0.3 is 12.1 Å². The predicted octanol–water partition coefficient (Wildman–Crippen LogP) is 1.81. The molecule has 0 aliphatic heterocycles. The first kappa shape index (κ1) is 22.0. The molecule has 0 fully saturated rings. The number of aliphatic hydroxyl groups is 1. The molecule has 10 heteroatoms. The van der Waals surface area contributed by atoms with Crippen LogP contribution in [-0.2, 0) is 20.9 Å². The van der Waals surface area contributed by atoms with Crippen molar-refractivity contribution in [3.05, 3.63) is 72.1 Å². The Morgan fingerprint density at radius 1 is 1.06 bits per heavy atom. The zero-order valence-corrected chi connectivity index (χ0v) is 17.5. The Hall–Kier alpha value is -4.18. The number of aromatic nitrogens is 2. The SMILES string of the molecule is O=C(Cn1cc(NC(=O)OCC2c3ccccc3-c3ccccc32)cn1)N[C@H](CO)C(=O)O. The van der Waals surface area contributed by atoms with E-state index in [1.54, 1.807) is 0 Å². The highest BCUT2D eigenvalue weighted by Gasteiger charge is 2.29. The Kier molecular flexibility index (Phi) is 6.36. The van der Waals surface area contributed by atoms with Crippen LogP contribution in [0, 0.1) is 0 Å². The Labute approximate surface area is 188 Å². The van der Waals surface area contributed by atoms with E-state index in [9.17, 15) is 14.4 Å². The molecule has 1 aliphatic carbocycles. The van der Waals surface area contributed by atoms with Gasteiger partial charge in [0.2, 0.25) is 5.91 Å². The number of nitrogens with one attached hydrogen (secondary N) is 2. The smallest absolute Gasteiger partial charge is 0.411 e. The summed E-state index contributed by atoms with van der Waals surface area (Å²) in [6.45, 7) is -0.848. The van der Waals surface area contributed by atoms with Gasteiger partial charge in [0.15, 0.2) is 0 Å². The number of aliphatic hydroxyl groups excluding tert-OH is 1. The normalized spacial score (nSPS) is 13.0. The highest BCUT2D eigenvalue weighted by molar-refractivity contribution is 5.85. The van der Waals surface area contributed by atoms with Gasteiger partial charge in [0.25, 0.3) is 0 Å². The molecule has 4 rings (SSSR count). The molecule has 0 unspecified atom stereocenters. The van der Waals surface area contributed by atoms with Crippen molar-refractivity contribution in [3.8, 4) is 11.1 Å². The van der Waals surface area contributed by atoms with Gasteiger partial charge in [-0.1, -0.05) is 48.5 Å². The second-order valence-corrected chi connectivity index (χ2v) is 7.52. The zero-order chi connectivity index (χ0) is 23.4. The molecule has 2 aromatic carbocycles. The third-order valence-corrected chi connectivity index (χ3v) is 5.34. The summed E-state index contributed by atoms with van der Waals surface area (Å²) < 4.78 is 6.69. The Bertz CT molecular complexity index is 1150. The van der Waals surface area contributed by atoms with Gasteiger partial charge in [0.1, 0.15) is 19.2 Å². The topological polar surface area (TPSA) is 143 Å². The maximum absolute atomic E-state index is 12.3. The average Bonchev–Trinajstić information content (AvgIpc) is 3.37. The fourth-order valence-electron chi connectivity index (χ4n) is 3.84. The van der Waals surface area contributed by atoms with Gasteiger partial charge in [-0.3, -0.25) is 14.8 Å². The molecule has 3 aromatic rings. The Balaban J connectivity index is 1.33. The molecule has 0 saturated heterocycles. The quantitative estimate of drug-likeness (QED) is 0.410. The van der Waals surface area contributed by atoms with Crippen LogP contribution in [-0.4, -0.2) is 57.2 Å². The van der Waals surface area contributed by atoms with E-state index < -0.39 is 30.6 Å². The summed E-state index contributed by atoms with van der Waals surface area (Å²) in [5.74, 6) is -2.06. The lowest BCUT2D eigenvalue weighted by Gasteiger charge is -2.14. The van der Waals surface area contributed by atoms with E-state index in [0.717, 1.165) is 22.3 Å². The zero-order valence-electron chi connectivity index (χ0n) is 17.5. The van der Waals surface area contributed by atoms with Crippen LogP contribution in [0.25, 0.3) is 11.1 Å². The number of amides is 2. The number of benzene rings is 2. The summed E-state index contributed by atoms with van der Waals surface area (Å²) in [6.07, 6.45) is 2.10. The molecule has 33 heavy (non-hydrogen) atoms. The minimum absolute atomic E-state index is 0.0664. The summed E-state index contributed by atoms with van der Waals surface area (Å²) in [7, 11) is 0. The first-order chi connectivity index (χ1) is 16.0. The lowest BCUT2D eigenvalue weighted by molar-refractivity contribution is -0.143. The summed E-state index contributed by atoms with van der Waals surface area (Å²) in [5, 5.41) is 26.5. The summed E-state index contributed by atoms with van der Waals surface area (Å²) in [4.78, 5) is 35.1. The van der Waals surface area contributed by atoms with Crippen molar-refractivity contribution in [3.63, 3.8) is 0 Å². The Morgan fingerprint density at radius 2 is 1.70 bits per heavy atom. The van der Waals surface area contributed by atoms with Crippen LogP contribution in [0.2, 0.25) is 0 Å². The third-order valence-electron chi connectivity index (χ3n) is 5.34. The van der Waals surface area contributed by atoms with Gasteiger partial charge < -0.3 is 20.3 Å². The van der Waals surface area contributed by atoms with E-state index in [2.05, 4.69) is 27.9 Å². The molecular weight excluding hydrogens is 428 g/mol. The molecule has 1 atom stereocenters. The highest BCUT2D eigenvalue weighted by Crippen LogP contribution is 2.44. The van der Waals surface area contributed by atoms with Crippen LogP contribution in [0.4, 0.5) is 10.5 Å². The maximum Gasteiger partial charge on any atom is 0.411 e. The van der Waals surface area contributed by atoms with Crippen LogP contribution < -0.4 is 10.6 Å². The largest absolute Gasteiger partial charge is 0.480 e. The van der Waals surface area contributed by atoms with Gasteiger partial charge in [-0.05, 0) is 22.3 Å². The van der Waals surface area contributed by atoms with Gasteiger partial charge in [0, 0.05) is 12.1 Å². The number of carbonyl (C=O) groups is 3. The summed E-state index contributed by atoms with van der Waals surface area (Å²) in [6, 6.07) is 14.7. The molecule has 170 valence electrons. The molecule has 2 amide bonds. The highest BCUT2D eigenvalue weighted by atomic mass is 16.5. The molecule has 0 bridgehead atoms. The Morgan fingerprint density at radius 3 is 2.30 bits per heavy atom. The van der Waals surface area contributed by atoms with Crippen LogP contribution in [0.5, 0.6) is 0 Å². The number of anilines is 1. The van der Waals surface area contributed by atoms with E-state index >= 15 is 0 Å². The predicted molar refractivity (Wildman–Crippen MR) is 118 cm³/mol. The minimum atomic E-state index is -1.40. The number of nitrogens with zero attached hydrogens (tertiary/aromatic N) is 2. The summed E-state index contributed by atoms with van der Waals surface area (Å²) >= 11 is 0. The van der Waals surface area contributed by atoms with Crippen molar-refractivity contribution in [2.24, 2.45) is 0 Å². The van der Waals surface area contributed by atoms with E-state index in [0.29, 0.717) is 5.69 Å². The van der Waals surface area contributed by atoms with Crippen molar-refractivity contribution >= 4 is 23.7 Å². The van der Waals surface area contributed by atoms with E-state index in [-0.39, 0.29) is 19.1 Å². The monoisotopic (exact) mass is 450 g/mol. The number of hydrogen-bond acceptors (Lipinski definition) is 6. The fourth-order valence-corrected chi connectivity index (χ4v) is 3.84. The number of carboxylic acids is 1. The van der Waals surface area contributed by atoms with Crippen LogP contribution in [0.15, 0.2) is 60.9 Å². The number of aliphatic carboxylic acids is 1. The molecule has 0 radical (unpaired) electrons. The average molecular weight is 450 g/mol. The van der Waals surface area contributed by atoms with Crippen molar-refractivity contribution < 1.29 is 29.3 Å². The minimum Gasteiger partial charge on any atom is -0.480 e. The lowest BCUT2D eigenvalue weighted by Crippen LogP contribution is -2.44. The third kappa shape index (κ3) is 4.85. The molecule has 0 spiro atoms. The molecule has 1 heterocycles. The molecular formula is C23H22N4O6. The number of fused-ring (bicyclic) bond motifs is 3. The molecule has 10 nitrogen and oxygen atoms in total. The number of ether oxygens (including phenoxy) is 1. The first-order valence-corrected chi connectivity index (χ1v) is 10.2. The molecule has 1 aliphatic rings. The van der Waals surface area contributed by atoms with Crippen molar-refractivity contribution in [2.75, 3.05) is 18.5 Å². The standard InChI is InChI=1S/C23H22N4O6/c28-12-20(22(30)31)26-21(29)11-27-10-14(9-24-27)25-23(32)33-13-19-17-7-3-1-5-15(17)16-6-2-4-8-18(16)19/h1-10,19-20,28H,11-13H2,(H,25,32)(H,26,29)(H,30,31)/t20-/m1/s1. The van der Waals surface area contributed by atoms with Gasteiger partial charge in [-0.2, -0.15) is 5.10 Å². The first-order valence-electron chi connectivity index (χ1n) is 10.2. The van der Waals surface area contributed by atoms with Crippen LogP contribution in [0.3, 0.4) is 0 Å². The molecule has 4 N–H and O–H groups in total. The second-order valence-electron chi connectivity index (χ2n) is 7.52. The maximum atomic E-state index is 12.3. The molecule has 1 aromatic heterocycles. The van der Waals surface area contributed by atoms with E-state index in [1.807, 2.05) is 36.4 Å². The van der Waals surface area contributed by atoms with Crippen molar-refractivity contribution in [1.29, 1.82) is 0 Å². The number of hydrogen-bond donors (Lipinski definition) is 4. The van der Waals surface area contributed by atoms with Gasteiger partial charge in [-0.15, -0.1) is 0 Å².